The van der Waals surface area contributed by atoms with Crippen LogP contribution in [0.4, 0.5) is 0 Å². The quantitative estimate of drug-likeness (QED) is 0.810. The summed E-state index contributed by atoms with van der Waals surface area (Å²) < 4.78 is 5.64. The number of nitrogens with one attached hydrogen (secondary N) is 1. The predicted molar refractivity (Wildman–Crippen MR) is 71.3 cm³/mol. The van der Waals surface area contributed by atoms with Crippen LogP contribution in [0.15, 0.2) is 0 Å². The first kappa shape index (κ1) is 13.3. The first-order valence-electron chi connectivity index (χ1n) is 7.19. The molecule has 100 valence electrons. The van der Waals surface area contributed by atoms with E-state index in [-0.39, 0.29) is 0 Å². The molecule has 2 unspecified atom stereocenters. The van der Waals surface area contributed by atoms with Gasteiger partial charge < -0.3 is 15.0 Å². The monoisotopic (exact) mass is 240 g/mol. The summed E-state index contributed by atoms with van der Waals surface area (Å²) >= 11 is 0. The van der Waals surface area contributed by atoms with Gasteiger partial charge >= 0.3 is 0 Å². The van der Waals surface area contributed by atoms with Crippen molar-refractivity contribution in [3.05, 3.63) is 0 Å². The molecule has 1 N–H and O–H groups in total. The Balaban J connectivity index is 1.88. The van der Waals surface area contributed by atoms with Crippen molar-refractivity contribution in [1.29, 1.82) is 0 Å². The van der Waals surface area contributed by atoms with Gasteiger partial charge in [-0.15, -0.1) is 0 Å². The number of hydrogen-bond acceptors (Lipinski definition) is 3. The Labute approximate surface area is 106 Å². The number of hydrogen-bond donors (Lipinski definition) is 1. The third kappa shape index (κ3) is 3.67. The summed E-state index contributed by atoms with van der Waals surface area (Å²) in [5.41, 5.74) is 0.377. The zero-order valence-electron chi connectivity index (χ0n) is 11.5. The van der Waals surface area contributed by atoms with E-state index in [1.54, 1.807) is 0 Å². The number of nitrogens with zero attached hydrogens (tertiary/aromatic N) is 1. The predicted octanol–water partition coefficient (Wildman–Crippen LogP) is 1.73. The lowest BCUT2D eigenvalue weighted by Crippen LogP contribution is -2.44. The SMILES string of the molecule is CNCC1(CN2CCCC(C)CC2)CCOC1. The first-order chi connectivity index (χ1) is 8.24. The van der Waals surface area contributed by atoms with Gasteiger partial charge in [0.25, 0.3) is 0 Å². The highest BCUT2D eigenvalue weighted by atomic mass is 16.5. The average molecular weight is 240 g/mol. The summed E-state index contributed by atoms with van der Waals surface area (Å²) in [6.45, 7) is 9.18. The molecule has 0 aromatic rings. The van der Waals surface area contributed by atoms with Crippen molar-refractivity contribution >= 4 is 0 Å². The van der Waals surface area contributed by atoms with Crippen LogP contribution >= 0.6 is 0 Å². The minimum Gasteiger partial charge on any atom is -0.381 e. The second-order valence-corrected chi connectivity index (χ2v) is 6.15. The highest BCUT2D eigenvalue weighted by Gasteiger charge is 2.36. The third-order valence-electron chi connectivity index (χ3n) is 4.41. The van der Waals surface area contributed by atoms with Crippen LogP contribution in [0.1, 0.15) is 32.6 Å². The molecule has 0 saturated carbocycles. The smallest absolute Gasteiger partial charge is 0.0547 e. The van der Waals surface area contributed by atoms with E-state index in [1.165, 1.54) is 45.3 Å². The molecule has 0 aliphatic carbocycles. The lowest BCUT2D eigenvalue weighted by Gasteiger charge is -2.33. The Morgan fingerprint density at radius 2 is 2.24 bits per heavy atom. The fourth-order valence-electron chi connectivity index (χ4n) is 3.30. The summed E-state index contributed by atoms with van der Waals surface area (Å²) in [6, 6.07) is 0. The number of rotatable bonds is 4. The van der Waals surface area contributed by atoms with Crippen LogP contribution in [0.2, 0.25) is 0 Å². The largest absolute Gasteiger partial charge is 0.381 e. The van der Waals surface area contributed by atoms with Crippen molar-refractivity contribution < 1.29 is 4.74 Å². The molecule has 2 aliphatic rings. The lowest BCUT2D eigenvalue weighted by molar-refractivity contribution is 0.111. The highest BCUT2D eigenvalue weighted by Crippen LogP contribution is 2.30. The van der Waals surface area contributed by atoms with Crippen molar-refractivity contribution in [1.82, 2.24) is 10.2 Å². The molecule has 0 radical (unpaired) electrons. The summed E-state index contributed by atoms with van der Waals surface area (Å²) in [7, 11) is 2.06. The van der Waals surface area contributed by atoms with Crippen LogP contribution < -0.4 is 5.32 Å². The molecule has 17 heavy (non-hydrogen) atoms. The van der Waals surface area contributed by atoms with Gasteiger partial charge in [0.15, 0.2) is 0 Å². The molecule has 0 aromatic carbocycles. The molecule has 0 bridgehead atoms. The molecule has 0 spiro atoms. The zero-order chi connectivity index (χ0) is 12.1. The van der Waals surface area contributed by atoms with E-state index in [9.17, 15) is 0 Å². The van der Waals surface area contributed by atoms with Gasteiger partial charge in [0, 0.05) is 25.1 Å². The van der Waals surface area contributed by atoms with E-state index in [0.29, 0.717) is 5.41 Å². The van der Waals surface area contributed by atoms with E-state index in [0.717, 1.165) is 25.7 Å². The van der Waals surface area contributed by atoms with Gasteiger partial charge in [-0.1, -0.05) is 6.92 Å². The molecule has 2 aliphatic heterocycles. The standard InChI is InChI=1S/C14H28N2O/c1-13-4-3-7-16(8-5-13)11-14(10-15-2)6-9-17-12-14/h13,15H,3-12H2,1-2H3. The summed E-state index contributed by atoms with van der Waals surface area (Å²) in [6.07, 6.45) is 5.38. The minimum absolute atomic E-state index is 0.377. The normalized spacial score (nSPS) is 36.0. The Morgan fingerprint density at radius 3 is 2.94 bits per heavy atom. The minimum atomic E-state index is 0.377. The molecule has 0 amide bonds. The van der Waals surface area contributed by atoms with Gasteiger partial charge in [-0.2, -0.15) is 0 Å². The molecular formula is C14H28N2O. The first-order valence-corrected chi connectivity index (χ1v) is 7.19. The van der Waals surface area contributed by atoms with Gasteiger partial charge in [-0.3, -0.25) is 0 Å². The maximum Gasteiger partial charge on any atom is 0.0547 e. The van der Waals surface area contributed by atoms with Crippen molar-refractivity contribution in [3.8, 4) is 0 Å². The maximum atomic E-state index is 5.64. The van der Waals surface area contributed by atoms with Crippen LogP contribution in [0.5, 0.6) is 0 Å². The van der Waals surface area contributed by atoms with Crippen molar-refractivity contribution in [2.24, 2.45) is 11.3 Å². The van der Waals surface area contributed by atoms with Gasteiger partial charge in [0.2, 0.25) is 0 Å². The fourth-order valence-corrected chi connectivity index (χ4v) is 3.30. The second kappa shape index (κ2) is 6.17. The summed E-state index contributed by atoms with van der Waals surface area (Å²) in [5.74, 6) is 0.917. The van der Waals surface area contributed by atoms with Crippen LogP contribution in [0.25, 0.3) is 0 Å². The van der Waals surface area contributed by atoms with Crippen molar-refractivity contribution in [3.63, 3.8) is 0 Å². The Kier molecular flexibility index (Phi) is 4.83. The van der Waals surface area contributed by atoms with Crippen LogP contribution in [-0.4, -0.2) is 51.3 Å². The topological polar surface area (TPSA) is 24.5 Å². The molecule has 3 nitrogen and oxygen atoms in total. The van der Waals surface area contributed by atoms with Crippen LogP contribution in [0.3, 0.4) is 0 Å². The maximum absolute atomic E-state index is 5.64. The molecule has 2 heterocycles. The van der Waals surface area contributed by atoms with E-state index < -0.39 is 0 Å². The van der Waals surface area contributed by atoms with Gasteiger partial charge in [-0.05, 0) is 51.7 Å². The second-order valence-electron chi connectivity index (χ2n) is 6.15. The van der Waals surface area contributed by atoms with Crippen molar-refractivity contribution in [2.75, 3.05) is 46.4 Å². The van der Waals surface area contributed by atoms with E-state index in [1.807, 2.05) is 0 Å². The van der Waals surface area contributed by atoms with Gasteiger partial charge in [-0.25, -0.2) is 0 Å². The number of likely N-dealkylation sites (tertiary alicyclic amines) is 1. The Hall–Kier alpha value is -0.120. The van der Waals surface area contributed by atoms with Gasteiger partial charge in [0.05, 0.1) is 6.61 Å². The fraction of sp³-hybridized carbons (Fsp3) is 1.00. The Morgan fingerprint density at radius 1 is 1.35 bits per heavy atom. The average Bonchev–Trinajstić information content (AvgIpc) is 2.65. The zero-order valence-corrected chi connectivity index (χ0v) is 11.5. The van der Waals surface area contributed by atoms with Crippen LogP contribution in [0, 0.1) is 11.3 Å². The summed E-state index contributed by atoms with van der Waals surface area (Å²) in [5, 5.41) is 3.36. The van der Waals surface area contributed by atoms with Gasteiger partial charge in [0.1, 0.15) is 0 Å². The third-order valence-corrected chi connectivity index (χ3v) is 4.41. The molecule has 2 rings (SSSR count). The van der Waals surface area contributed by atoms with E-state index in [4.69, 9.17) is 4.74 Å². The molecule has 2 atom stereocenters. The Bertz CT molecular complexity index is 226. The number of ether oxygens (including phenoxy) is 1. The molecule has 2 saturated heterocycles. The van der Waals surface area contributed by atoms with Crippen LogP contribution in [-0.2, 0) is 4.74 Å². The molecule has 2 fully saturated rings. The lowest BCUT2D eigenvalue weighted by atomic mass is 9.86. The summed E-state index contributed by atoms with van der Waals surface area (Å²) in [4.78, 5) is 2.68. The molecule has 0 aromatic heterocycles. The highest BCUT2D eigenvalue weighted by molar-refractivity contribution is 4.88. The molecule has 3 heteroatoms. The van der Waals surface area contributed by atoms with E-state index >= 15 is 0 Å². The van der Waals surface area contributed by atoms with E-state index in [2.05, 4.69) is 24.2 Å². The molecular weight excluding hydrogens is 212 g/mol. The van der Waals surface area contributed by atoms with Crippen molar-refractivity contribution in [2.45, 2.75) is 32.6 Å².